The van der Waals surface area contributed by atoms with Gasteiger partial charge in [-0.25, -0.2) is 4.79 Å². The lowest BCUT2D eigenvalue weighted by atomic mass is 10.0. The molecule has 0 aliphatic carbocycles. The quantitative estimate of drug-likeness (QED) is 0.109. The second-order valence-corrected chi connectivity index (χ2v) is 9.64. The number of amides is 4. The molecule has 2 aromatic carbocycles. The lowest BCUT2D eigenvalue weighted by molar-refractivity contribution is -0.142. The molecule has 4 amide bonds. The molecule has 0 saturated heterocycles. The van der Waals surface area contributed by atoms with Gasteiger partial charge in [0.15, 0.2) is 0 Å². The van der Waals surface area contributed by atoms with Crippen molar-refractivity contribution >= 4 is 29.6 Å². The summed E-state index contributed by atoms with van der Waals surface area (Å²) in [5.41, 5.74) is 17.9. The number of aliphatic carboxylic acids is 1. The predicted octanol–water partition coefficient (Wildman–Crippen LogP) is -0.952. The third kappa shape index (κ3) is 11.6. The second-order valence-electron chi connectivity index (χ2n) is 9.64. The summed E-state index contributed by atoms with van der Waals surface area (Å²) in [6.07, 6.45) is 0.877. The molecule has 11 N–H and O–H groups in total. The summed E-state index contributed by atoms with van der Waals surface area (Å²) in [5, 5.41) is 26.7. The maximum atomic E-state index is 13.3. The molecule has 222 valence electrons. The summed E-state index contributed by atoms with van der Waals surface area (Å²) in [6, 6.07) is 9.51. The molecule has 41 heavy (non-hydrogen) atoms. The molecule has 2 aromatic rings. The van der Waals surface area contributed by atoms with Crippen LogP contribution in [0.2, 0.25) is 0 Å². The van der Waals surface area contributed by atoms with Crippen molar-refractivity contribution in [2.24, 2.45) is 17.2 Å². The predicted molar refractivity (Wildman–Crippen MR) is 150 cm³/mol. The number of carbonyl (C=O) groups is 5. The Labute approximate surface area is 237 Å². The summed E-state index contributed by atoms with van der Waals surface area (Å²) in [4.78, 5) is 62.8. The molecule has 0 heterocycles. The third-order valence-corrected chi connectivity index (χ3v) is 6.25. The van der Waals surface area contributed by atoms with Crippen molar-refractivity contribution in [3.05, 3.63) is 65.7 Å². The monoisotopic (exact) mass is 570 g/mol. The van der Waals surface area contributed by atoms with Crippen molar-refractivity contribution < 1.29 is 34.2 Å². The number of phenolic OH excluding ortho intramolecular Hbond substituents is 1. The van der Waals surface area contributed by atoms with E-state index in [9.17, 15) is 34.2 Å². The smallest absolute Gasteiger partial charge is 0.326 e. The first-order valence-corrected chi connectivity index (χ1v) is 13.2. The van der Waals surface area contributed by atoms with Gasteiger partial charge in [-0.15, -0.1) is 0 Å². The van der Waals surface area contributed by atoms with E-state index in [1.807, 2.05) is 0 Å². The Morgan fingerprint density at radius 1 is 0.732 bits per heavy atom. The summed E-state index contributed by atoms with van der Waals surface area (Å²) in [6.45, 7) is 0.430. The fraction of sp³-hybridized carbons (Fsp3) is 0.393. The molecule has 2 rings (SSSR count). The molecule has 0 aromatic heterocycles. The van der Waals surface area contributed by atoms with Crippen molar-refractivity contribution in [2.45, 2.75) is 62.7 Å². The van der Waals surface area contributed by atoms with Crippen LogP contribution in [-0.2, 0) is 36.8 Å². The minimum Gasteiger partial charge on any atom is -0.508 e. The molecule has 13 nitrogen and oxygen atoms in total. The van der Waals surface area contributed by atoms with Gasteiger partial charge in [-0.2, -0.15) is 0 Å². The van der Waals surface area contributed by atoms with Crippen molar-refractivity contribution in [3.63, 3.8) is 0 Å². The van der Waals surface area contributed by atoms with Crippen LogP contribution in [0, 0.1) is 0 Å². The SMILES string of the molecule is NCCCCC(N)C(=O)NC(CC(N)=O)C(=O)NC(Cc1ccc(O)cc1)C(=O)NC(Cc1ccccc1)C(=O)O. The molecular formula is C28H38N6O7. The van der Waals surface area contributed by atoms with E-state index >= 15 is 0 Å². The van der Waals surface area contributed by atoms with Crippen molar-refractivity contribution in [3.8, 4) is 5.75 Å². The van der Waals surface area contributed by atoms with E-state index in [1.54, 1.807) is 30.3 Å². The van der Waals surface area contributed by atoms with Crippen LogP contribution < -0.4 is 33.2 Å². The summed E-state index contributed by atoms with van der Waals surface area (Å²) in [5.74, 6) is -4.55. The van der Waals surface area contributed by atoms with Gasteiger partial charge in [-0.1, -0.05) is 48.9 Å². The maximum Gasteiger partial charge on any atom is 0.326 e. The van der Waals surface area contributed by atoms with E-state index in [1.165, 1.54) is 24.3 Å². The van der Waals surface area contributed by atoms with Gasteiger partial charge >= 0.3 is 5.97 Å². The Morgan fingerprint density at radius 3 is 1.85 bits per heavy atom. The van der Waals surface area contributed by atoms with Gasteiger partial charge < -0.3 is 43.4 Å². The zero-order valence-corrected chi connectivity index (χ0v) is 22.6. The van der Waals surface area contributed by atoms with E-state index < -0.39 is 60.2 Å². The van der Waals surface area contributed by atoms with Crippen LogP contribution in [0.3, 0.4) is 0 Å². The van der Waals surface area contributed by atoms with Crippen molar-refractivity contribution in [1.82, 2.24) is 16.0 Å². The van der Waals surface area contributed by atoms with Crippen molar-refractivity contribution in [1.29, 1.82) is 0 Å². The molecule has 0 spiro atoms. The lowest BCUT2D eigenvalue weighted by Gasteiger charge is -2.25. The number of carboxylic acid groups (broad SMARTS) is 1. The Kier molecular flexibility index (Phi) is 13.2. The van der Waals surface area contributed by atoms with Gasteiger partial charge in [0.2, 0.25) is 23.6 Å². The number of carbonyl (C=O) groups excluding carboxylic acids is 4. The van der Waals surface area contributed by atoms with Gasteiger partial charge in [-0.3, -0.25) is 19.2 Å². The first-order valence-electron chi connectivity index (χ1n) is 13.2. The standard InChI is InChI=1S/C28H38N6O7/c29-13-5-4-8-20(30)25(37)32-22(16-24(31)36)27(39)33-21(14-18-9-11-19(35)12-10-18)26(38)34-23(28(40)41)15-17-6-2-1-3-7-17/h1-3,6-7,9-12,20-23,35H,4-5,8,13-16,29-30H2,(H2,31,36)(H,32,37)(H,33,39)(H,34,38)(H,40,41). The number of aromatic hydroxyl groups is 1. The normalized spacial score (nSPS) is 13.7. The van der Waals surface area contributed by atoms with Gasteiger partial charge in [0.05, 0.1) is 12.5 Å². The molecule has 0 aliphatic heterocycles. The van der Waals surface area contributed by atoms with E-state index in [2.05, 4.69) is 16.0 Å². The van der Waals surface area contributed by atoms with Gasteiger partial charge in [0.1, 0.15) is 23.9 Å². The van der Waals surface area contributed by atoms with Crippen LogP contribution in [0.4, 0.5) is 0 Å². The minimum absolute atomic E-state index is 0.00973. The number of primary amides is 1. The highest BCUT2D eigenvalue weighted by Crippen LogP contribution is 2.12. The number of nitrogens with one attached hydrogen (secondary N) is 3. The molecule has 0 fully saturated rings. The van der Waals surface area contributed by atoms with E-state index in [4.69, 9.17) is 17.2 Å². The molecule has 13 heteroatoms. The number of benzene rings is 2. The first-order chi connectivity index (χ1) is 19.5. The summed E-state index contributed by atoms with van der Waals surface area (Å²) >= 11 is 0. The highest BCUT2D eigenvalue weighted by Gasteiger charge is 2.31. The summed E-state index contributed by atoms with van der Waals surface area (Å²) < 4.78 is 0. The van der Waals surface area contributed by atoms with Crippen LogP contribution in [-0.4, -0.2) is 70.5 Å². The third-order valence-electron chi connectivity index (χ3n) is 6.25. The van der Waals surface area contributed by atoms with E-state index in [-0.39, 0.29) is 18.6 Å². The van der Waals surface area contributed by atoms with Crippen LogP contribution in [0.25, 0.3) is 0 Å². The lowest BCUT2D eigenvalue weighted by Crippen LogP contribution is -2.58. The molecule has 0 bridgehead atoms. The molecule has 4 atom stereocenters. The number of phenols is 1. The topological polar surface area (TPSA) is 240 Å². The minimum atomic E-state index is -1.43. The highest BCUT2D eigenvalue weighted by atomic mass is 16.4. The van der Waals surface area contributed by atoms with Crippen LogP contribution in [0.1, 0.15) is 36.8 Å². The largest absolute Gasteiger partial charge is 0.508 e. The van der Waals surface area contributed by atoms with Gasteiger partial charge in [0.25, 0.3) is 0 Å². The van der Waals surface area contributed by atoms with E-state index in [0.29, 0.717) is 36.9 Å². The fourth-order valence-corrected chi connectivity index (χ4v) is 4.00. The number of carboxylic acids is 1. The molecule has 0 saturated carbocycles. The fourth-order valence-electron chi connectivity index (χ4n) is 4.00. The Bertz CT molecular complexity index is 1180. The zero-order valence-electron chi connectivity index (χ0n) is 22.6. The zero-order chi connectivity index (χ0) is 30.4. The second kappa shape index (κ2) is 16.6. The van der Waals surface area contributed by atoms with Gasteiger partial charge in [-0.05, 0) is 42.6 Å². The van der Waals surface area contributed by atoms with E-state index in [0.717, 1.165) is 0 Å². The highest BCUT2D eigenvalue weighted by molar-refractivity contribution is 5.96. The van der Waals surface area contributed by atoms with Gasteiger partial charge in [0, 0.05) is 12.8 Å². The first kappa shape index (κ1) is 32.7. The van der Waals surface area contributed by atoms with Crippen molar-refractivity contribution in [2.75, 3.05) is 6.54 Å². The molecule has 0 radical (unpaired) electrons. The number of unbranched alkanes of at least 4 members (excludes halogenated alkanes) is 1. The number of hydrogen-bond donors (Lipinski definition) is 8. The van der Waals surface area contributed by atoms with Crippen LogP contribution >= 0.6 is 0 Å². The molecular weight excluding hydrogens is 532 g/mol. The van der Waals surface area contributed by atoms with Crippen LogP contribution in [0.5, 0.6) is 5.75 Å². The number of rotatable bonds is 17. The number of hydrogen-bond acceptors (Lipinski definition) is 8. The average molecular weight is 571 g/mol. The Balaban J connectivity index is 2.24. The number of nitrogens with two attached hydrogens (primary N) is 3. The maximum absolute atomic E-state index is 13.3. The Morgan fingerprint density at radius 2 is 1.27 bits per heavy atom. The van der Waals surface area contributed by atoms with Crippen LogP contribution in [0.15, 0.2) is 54.6 Å². The molecule has 0 aliphatic rings. The summed E-state index contributed by atoms with van der Waals surface area (Å²) in [7, 11) is 0. The Hall–Kier alpha value is -4.49. The molecule has 4 unspecified atom stereocenters. The average Bonchev–Trinajstić information content (AvgIpc) is 2.93.